The smallest absolute Gasteiger partial charge is 0.318 e. The van der Waals surface area contributed by atoms with Gasteiger partial charge in [0.1, 0.15) is 35.1 Å². The lowest BCUT2D eigenvalue weighted by molar-refractivity contribution is -0.395. The largest absolute Gasteiger partial charge is 0.449 e. The van der Waals surface area contributed by atoms with Gasteiger partial charge in [0.15, 0.2) is 0 Å². The summed E-state index contributed by atoms with van der Waals surface area (Å²) in [5.41, 5.74) is -2.84. The summed E-state index contributed by atoms with van der Waals surface area (Å²) in [5, 5.41) is 50.5. The van der Waals surface area contributed by atoms with Crippen molar-refractivity contribution in [1.29, 1.82) is 0 Å². The van der Waals surface area contributed by atoms with E-state index in [1.54, 1.807) is 26.0 Å². The van der Waals surface area contributed by atoms with Crippen molar-refractivity contribution in [2.24, 2.45) is 0 Å². The van der Waals surface area contributed by atoms with Gasteiger partial charge in [0.25, 0.3) is 0 Å². The fourth-order valence-electron chi connectivity index (χ4n) is 6.73. The summed E-state index contributed by atoms with van der Waals surface area (Å²) >= 11 is 0. The number of rotatable bonds is 4. The summed E-state index contributed by atoms with van der Waals surface area (Å²) in [4.78, 5) is 47.3. The summed E-state index contributed by atoms with van der Waals surface area (Å²) < 4.78 is 26.0. The van der Waals surface area contributed by atoms with E-state index in [9.17, 15) is 40.5 Å². The van der Waals surface area contributed by atoms with Gasteiger partial charge in [0, 0.05) is 45.5 Å². The van der Waals surface area contributed by atoms with E-state index in [0.717, 1.165) is 24.3 Å². The van der Waals surface area contributed by atoms with E-state index in [1.807, 2.05) is 83.1 Å². The highest BCUT2D eigenvalue weighted by atomic mass is 16.6. The highest BCUT2D eigenvalue weighted by molar-refractivity contribution is 5.70. The van der Waals surface area contributed by atoms with Gasteiger partial charge < -0.3 is 18.9 Å². The van der Waals surface area contributed by atoms with Gasteiger partial charge in [-0.15, -0.1) is 0 Å². The predicted octanol–water partition coefficient (Wildman–Crippen LogP) is 12.6. The Kier molecular flexibility index (Phi) is 10.5. The summed E-state index contributed by atoms with van der Waals surface area (Å²) in [6, 6.07) is 7.28. The highest BCUT2D eigenvalue weighted by Gasteiger charge is 2.38. The zero-order valence-electron chi connectivity index (χ0n) is 35.2. The van der Waals surface area contributed by atoms with E-state index in [4.69, 9.17) is 18.9 Å². The number of benzene rings is 4. The summed E-state index contributed by atoms with van der Waals surface area (Å²) in [6.07, 6.45) is 0. The molecule has 0 unspecified atom stereocenters. The van der Waals surface area contributed by atoms with Gasteiger partial charge in [-0.1, -0.05) is 83.1 Å². The van der Waals surface area contributed by atoms with E-state index in [0.29, 0.717) is 22.3 Å². The molecule has 1 aliphatic heterocycles. The minimum Gasteiger partial charge on any atom is -0.449 e. The van der Waals surface area contributed by atoms with Crippen LogP contribution in [0.4, 0.5) is 22.7 Å². The van der Waals surface area contributed by atoms with Gasteiger partial charge in [-0.25, -0.2) is 0 Å². The monoisotopic (exact) mass is 800 g/mol. The first-order chi connectivity index (χ1) is 26.4. The van der Waals surface area contributed by atoms with Gasteiger partial charge in [-0.3, -0.25) is 40.5 Å². The van der Waals surface area contributed by atoms with Crippen molar-refractivity contribution in [3.05, 3.63) is 110 Å². The van der Waals surface area contributed by atoms with Crippen molar-refractivity contribution in [3.63, 3.8) is 0 Å². The lowest BCUT2D eigenvalue weighted by Crippen LogP contribution is -2.20. The Bertz CT molecular complexity index is 2110. The standard InChI is InChI=1S/C42H48N4O12/c1-21-35-23(39(3,4)5)15-24(40(6,7)8)36(21)56-32-20-34(30(46(53)54)18-28(32)44(49)50)58-38-22(2)37(25(41(9,10)11)16-26(38)42(12,13)14)57-33-19-31(55-35)27(43(47)48)17-29(33)45(51)52/h15-20H,1-14H3. The third-order valence-electron chi connectivity index (χ3n) is 9.87. The second kappa shape index (κ2) is 14.3. The molecule has 4 aromatic carbocycles. The Morgan fingerprint density at radius 2 is 0.552 bits per heavy atom. The zero-order valence-corrected chi connectivity index (χ0v) is 35.2. The highest BCUT2D eigenvalue weighted by Crippen LogP contribution is 2.54. The quantitative estimate of drug-likeness (QED) is 0.123. The third-order valence-corrected chi connectivity index (χ3v) is 9.87. The molecule has 0 fully saturated rings. The SMILES string of the molecule is Cc1c2c(C(C)(C)C)cc(C(C)(C)C)c1Oc1cc(c([N+](=O)[O-])cc1[N+](=O)[O-])Oc1c(C(C)(C)C)cc(C(C)(C)C)c(c1C)Oc1cc(c([N+](=O)[O-])cc1[N+](=O)[O-])O2. The normalized spacial score (nSPS) is 13.1. The van der Waals surface area contributed by atoms with Gasteiger partial charge >= 0.3 is 22.7 Å². The molecule has 0 saturated heterocycles. The van der Waals surface area contributed by atoms with Gasteiger partial charge in [0.05, 0.1) is 19.7 Å². The fraction of sp³-hybridized carbons (Fsp3) is 0.429. The summed E-state index contributed by atoms with van der Waals surface area (Å²) in [5.74, 6) is -1.23. The topological polar surface area (TPSA) is 209 Å². The Labute approximate surface area is 335 Å². The summed E-state index contributed by atoms with van der Waals surface area (Å²) in [6.45, 7) is 26.0. The van der Waals surface area contributed by atoms with Crippen LogP contribution in [0.25, 0.3) is 0 Å². The van der Waals surface area contributed by atoms with Crippen LogP contribution in [0.15, 0.2) is 36.4 Å². The maximum absolute atomic E-state index is 12.6. The molecule has 0 spiro atoms. The molecule has 8 bridgehead atoms. The van der Waals surface area contributed by atoms with E-state index in [-0.39, 0.29) is 57.1 Å². The molecule has 0 aliphatic carbocycles. The average Bonchev–Trinajstić information content (AvgIpc) is 3.05. The minimum atomic E-state index is -0.796. The zero-order chi connectivity index (χ0) is 43.8. The van der Waals surface area contributed by atoms with E-state index >= 15 is 0 Å². The van der Waals surface area contributed by atoms with Crippen LogP contribution >= 0.6 is 0 Å². The van der Waals surface area contributed by atoms with Crippen LogP contribution < -0.4 is 18.9 Å². The van der Waals surface area contributed by atoms with Crippen LogP contribution in [-0.2, 0) is 21.7 Å². The molecule has 308 valence electrons. The second-order valence-electron chi connectivity index (χ2n) is 18.5. The first-order valence-electron chi connectivity index (χ1n) is 18.5. The molecular formula is C42H48N4O12. The first kappa shape index (κ1) is 42.8. The first-order valence-corrected chi connectivity index (χ1v) is 18.5. The number of fused-ring (bicyclic) bond motifs is 8. The molecule has 0 amide bonds. The van der Waals surface area contributed by atoms with Gasteiger partial charge in [-0.05, 0) is 47.6 Å². The Morgan fingerprint density at radius 3 is 0.707 bits per heavy atom. The number of ether oxygens (including phenoxy) is 4. The lowest BCUT2D eigenvalue weighted by atomic mass is 9.78. The van der Waals surface area contributed by atoms with Crippen molar-refractivity contribution in [2.75, 3.05) is 0 Å². The van der Waals surface area contributed by atoms with Gasteiger partial charge in [0.2, 0.25) is 23.0 Å². The number of hydrogen-bond donors (Lipinski definition) is 0. The Morgan fingerprint density at radius 1 is 0.362 bits per heavy atom. The van der Waals surface area contributed by atoms with Crippen molar-refractivity contribution in [3.8, 4) is 46.0 Å². The number of nitro groups is 4. The van der Waals surface area contributed by atoms with Gasteiger partial charge in [-0.2, -0.15) is 0 Å². The number of nitrogens with zero attached hydrogens (tertiary/aromatic N) is 4. The van der Waals surface area contributed by atoms with E-state index < -0.39 is 64.1 Å². The molecule has 4 aromatic rings. The molecule has 0 saturated carbocycles. The minimum absolute atomic E-state index is 0.0786. The van der Waals surface area contributed by atoms with Crippen LogP contribution in [0.5, 0.6) is 46.0 Å². The van der Waals surface area contributed by atoms with Crippen LogP contribution in [0.1, 0.15) is 116 Å². The molecule has 0 N–H and O–H groups in total. The lowest BCUT2D eigenvalue weighted by Gasteiger charge is -2.32. The predicted molar refractivity (Wildman–Crippen MR) is 217 cm³/mol. The molecule has 16 nitrogen and oxygen atoms in total. The molecular weight excluding hydrogens is 752 g/mol. The van der Waals surface area contributed by atoms with Crippen LogP contribution in [0.2, 0.25) is 0 Å². The molecule has 0 aromatic heterocycles. The van der Waals surface area contributed by atoms with Crippen molar-refractivity contribution >= 4 is 22.7 Å². The molecule has 5 rings (SSSR count). The van der Waals surface area contributed by atoms with Crippen molar-refractivity contribution < 1.29 is 38.6 Å². The number of hydrogen-bond acceptors (Lipinski definition) is 12. The number of nitro benzene ring substituents is 4. The van der Waals surface area contributed by atoms with Crippen LogP contribution in [-0.4, -0.2) is 19.7 Å². The third kappa shape index (κ3) is 7.95. The molecule has 0 atom stereocenters. The fourth-order valence-corrected chi connectivity index (χ4v) is 6.73. The Hall–Kier alpha value is -6.32. The molecule has 16 heteroatoms. The van der Waals surface area contributed by atoms with Crippen LogP contribution in [0.3, 0.4) is 0 Å². The second-order valence-corrected chi connectivity index (χ2v) is 18.5. The van der Waals surface area contributed by atoms with E-state index in [2.05, 4.69) is 0 Å². The average molecular weight is 801 g/mol. The molecule has 1 aliphatic rings. The maximum Gasteiger partial charge on any atom is 0.318 e. The molecule has 58 heavy (non-hydrogen) atoms. The van der Waals surface area contributed by atoms with Crippen molar-refractivity contribution in [2.45, 2.75) is 119 Å². The van der Waals surface area contributed by atoms with Crippen molar-refractivity contribution in [1.82, 2.24) is 0 Å². The molecule has 0 radical (unpaired) electrons. The summed E-state index contributed by atoms with van der Waals surface area (Å²) in [7, 11) is 0. The maximum atomic E-state index is 12.6. The molecule has 1 heterocycles. The van der Waals surface area contributed by atoms with E-state index in [1.165, 1.54) is 0 Å². The van der Waals surface area contributed by atoms with Crippen LogP contribution in [0, 0.1) is 54.3 Å². The Balaban J connectivity index is 2.08.